The van der Waals surface area contributed by atoms with Crippen molar-refractivity contribution in [2.45, 2.75) is 13.5 Å². The maximum absolute atomic E-state index is 12.1. The summed E-state index contributed by atoms with van der Waals surface area (Å²) in [6, 6.07) is 22.0. The Labute approximate surface area is 167 Å². The van der Waals surface area contributed by atoms with Crippen LogP contribution in [0.1, 0.15) is 10.6 Å². The highest BCUT2D eigenvalue weighted by molar-refractivity contribution is 7.09. The summed E-state index contributed by atoms with van der Waals surface area (Å²) in [5.41, 5.74) is 3.11. The summed E-state index contributed by atoms with van der Waals surface area (Å²) in [4.78, 5) is 16.6. The van der Waals surface area contributed by atoms with Gasteiger partial charge in [-0.1, -0.05) is 54.6 Å². The molecule has 0 unspecified atom stereocenters. The lowest BCUT2D eigenvalue weighted by molar-refractivity contribution is -0.123. The van der Waals surface area contributed by atoms with Gasteiger partial charge < -0.3 is 10.1 Å². The van der Waals surface area contributed by atoms with E-state index < -0.39 is 0 Å². The molecule has 1 aromatic heterocycles. The van der Waals surface area contributed by atoms with Gasteiger partial charge in [0.2, 0.25) is 0 Å². The lowest BCUT2D eigenvalue weighted by Gasteiger charge is -2.09. The second-order valence-electron chi connectivity index (χ2n) is 6.52. The Morgan fingerprint density at radius 1 is 1.04 bits per heavy atom. The van der Waals surface area contributed by atoms with Crippen molar-refractivity contribution in [1.82, 2.24) is 10.3 Å². The first-order valence-corrected chi connectivity index (χ1v) is 9.95. The SMILES string of the molecule is Cc1nc(-c2ccc(CNC(=O)COc3ccc4ccccc4c3)cc2)cs1. The Hall–Kier alpha value is -3.18. The van der Waals surface area contributed by atoms with E-state index in [-0.39, 0.29) is 12.5 Å². The van der Waals surface area contributed by atoms with Crippen LogP contribution in [0.25, 0.3) is 22.0 Å². The van der Waals surface area contributed by atoms with Crippen LogP contribution in [0.5, 0.6) is 5.75 Å². The predicted molar refractivity (Wildman–Crippen MR) is 114 cm³/mol. The number of carbonyl (C=O) groups is 1. The Kier molecular flexibility index (Phi) is 5.35. The number of amides is 1. The summed E-state index contributed by atoms with van der Waals surface area (Å²) < 4.78 is 5.62. The van der Waals surface area contributed by atoms with E-state index >= 15 is 0 Å². The van der Waals surface area contributed by atoms with E-state index in [9.17, 15) is 4.79 Å². The first kappa shape index (κ1) is 18.2. The van der Waals surface area contributed by atoms with Crippen LogP contribution in [-0.2, 0) is 11.3 Å². The predicted octanol–water partition coefficient (Wildman–Crippen LogP) is 4.97. The zero-order valence-corrected chi connectivity index (χ0v) is 16.3. The second kappa shape index (κ2) is 8.23. The van der Waals surface area contributed by atoms with Crippen LogP contribution in [0.15, 0.2) is 72.1 Å². The minimum absolute atomic E-state index is 0.00543. The fraction of sp³-hybridized carbons (Fsp3) is 0.130. The van der Waals surface area contributed by atoms with E-state index in [0.717, 1.165) is 32.6 Å². The highest BCUT2D eigenvalue weighted by atomic mass is 32.1. The average molecular weight is 388 g/mol. The van der Waals surface area contributed by atoms with Crippen molar-refractivity contribution in [2.75, 3.05) is 6.61 Å². The molecule has 1 N–H and O–H groups in total. The minimum Gasteiger partial charge on any atom is -0.484 e. The number of thiazole rings is 1. The lowest BCUT2D eigenvalue weighted by Crippen LogP contribution is -2.28. The second-order valence-corrected chi connectivity index (χ2v) is 7.59. The molecule has 0 aliphatic heterocycles. The van der Waals surface area contributed by atoms with Gasteiger partial charge in [0.05, 0.1) is 10.7 Å². The number of ether oxygens (including phenoxy) is 1. The standard InChI is InChI=1S/C23H20N2O2S/c1-16-25-22(15-28-16)19-8-6-17(7-9-19)13-24-23(26)14-27-21-11-10-18-4-2-3-5-20(18)12-21/h2-12,15H,13-14H2,1H3,(H,24,26). The van der Waals surface area contributed by atoms with Gasteiger partial charge in [0, 0.05) is 17.5 Å². The molecule has 28 heavy (non-hydrogen) atoms. The first-order valence-electron chi connectivity index (χ1n) is 9.07. The van der Waals surface area contributed by atoms with E-state index in [1.54, 1.807) is 11.3 Å². The Morgan fingerprint density at radius 3 is 2.57 bits per heavy atom. The molecule has 5 heteroatoms. The van der Waals surface area contributed by atoms with Crippen molar-refractivity contribution < 1.29 is 9.53 Å². The van der Waals surface area contributed by atoms with Crippen molar-refractivity contribution in [3.05, 3.63) is 82.7 Å². The number of carbonyl (C=O) groups excluding carboxylic acids is 1. The van der Waals surface area contributed by atoms with Gasteiger partial charge in [0.1, 0.15) is 5.75 Å². The maximum atomic E-state index is 12.1. The number of fused-ring (bicyclic) bond motifs is 1. The van der Waals surface area contributed by atoms with Gasteiger partial charge in [-0.15, -0.1) is 11.3 Å². The van der Waals surface area contributed by atoms with Crippen molar-refractivity contribution in [2.24, 2.45) is 0 Å². The number of nitrogens with zero attached hydrogens (tertiary/aromatic N) is 1. The molecular weight excluding hydrogens is 368 g/mol. The summed E-state index contributed by atoms with van der Waals surface area (Å²) in [7, 11) is 0. The van der Waals surface area contributed by atoms with E-state index in [2.05, 4.69) is 15.7 Å². The minimum atomic E-state index is -0.146. The molecule has 3 aromatic carbocycles. The first-order chi connectivity index (χ1) is 13.7. The summed E-state index contributed by atoms with van der Waals surface area (Å²) >= 11 is 1.64. The normalized spacial score (nSPS) is 10.8. The van der Waals surface area contributed by atoms with E-state index in [1.807, 2.05) is 73.7 Å². The van der Waals surface area contributed by atoms with Crippen molar-refractivity contribution >= 4 is 28.0 Å². The fourth-order valence-corrected chi connectivity index (χ4v) is 3.57. The number of nitrogens with one attached hydrogen (secondary N) is 1. The van der Waals surface area contributed by atoms with Crippen LogP contribution in [0, 0.1) is 6.92 Å². The van der Waals surface area contributed by atoms with Crippen molar-refractivity contribution in [3.8, 4) is 17.0 Å². The highest BCUT2D eigenvalue weighted by Crippen LogP contribution is 2.22. The number of benzene rings is 3. The molecule has 0 aliphatic carbocycles. The third-order valence-electron chi connectivity index (χ3n) is 4.45. The number of hydrogen-bond donors (Lipinski definition) is 1. The van der Waals surface area contributed by atoms with Crippen LogP contribution in [0.4, 0.5) is 0 Å². The van der Waals surface area contributed by atoms with Crippen LogP contribution >= 0.6 is 11.3 Å². The smallest absolute Gasteiger partial charge is 0.258 e. The molecular formula is C23H20N2O2S. The van der Waals surface area contributed by atoms with Gasteiger partial charge in [-0.05, 0) is 35.4 Å². The molecule has 1 heterocycles. The Morgan fingerprint density at radius 2 is 1.82 bits per heavy atom. The summed E-state index contributed by atoms with van der Waals surface area (Å²) in [5.74, 6) is 0.545. The summed E-state index contributed by atoms with van der Waals surface area (Å²) in [6.07, 6.45) is 0. The zero-order chi connectivity index (χ0) is 19.3. The molecule has 0 saturated heterocycles. The van der Waals surface area contributed by atoms with Crippen LogP contribution < -0.4 is 10.1 Å². The van der Waals surface area contributed by atoms with Gasteiger partial charge in [-0.25, -0.2) is 4.98 Å². The molecule has 0 bridgehead atoms. The van der Waals surface area contributed by atoms with Gasteiger partial charge in [0.15, 0.2) is 6.61 Å². The summed E-state index contributed by atoms with van der Waals surface area (Å²) in [6.45, 7) is 2.46. The molecule has 0 saturated carbocycles. The van der Waals surface area contributed by atoms with Gasteiger partial charge in [0.25, 0.3) is 5.91 Å². The lowest BCUT2D eigenvalue weighted by atomic mass is 10.1. The third-order valence-corrected chi connectivity index (χ3v) is 5.22. The summed E-state index contributed by atoms with van der Waals surface area (Å²) in [5, 5.41) is 8.24. The van der Waals surface area contributed by atoms with E-state index in [4.69, 9.17) is 4.74 Å². The molecule has 0 aliphatic rings. The van der Waals surface area contributed by atoms with Gasteiger partial charge >= 0.3 is 0 Å². The molecule has 1 amide bonds. The number of hydrogen-bond acceptors (Lipinski definition) is 4. The molecule has 0 atom stereocenters. The zero-order valence-electron chi connectivity index (χ0n) is 15.5. The monoisotopic (exact) mass is 388 g/mol. The van der Waals surface area contributed by atoms with Crippen molar-refractivity contribution in [1.29, 1.82) is 0 Å². The molecule has 140 valence electrons. The quantitative estimate of drug-likeness (QED) is 0.507. The molecule has 4 nitrogen and oxygen atoms in total. The number of aryl methyl sites for hydroxylation is 1. The van der Waals surface area contributed by atoms with Gasteiger partial charge in [-0.2, -0.15) is 0 Å². The molecule has 4 rings (SSSR count). The Balaban J connectivity index is 1.29. The van der Waals surface area contributed by atoms with Crippen LogP contribution in [0.2, 0.25) is 0 Å². The fourth-order valence-electron chi connectivity index (χ4n) is 2.95. The molecule has 0 radical (unpaired) electrons. The van der Waals surface area contributed by atoms with E-state index in [0.29, 0.717) is 12.3 Å². The van der Waals surface area contributed by atoms with E-state index in [1.165, 1.54) is 0 Å². The maximum Gasteiger partial charge on any atom is 0.258 e. The van der Waals surface area contributed by atoms with Crippen LogP contribution in [-0.4, -0.2) is 17.5 Å². The van der Waals surface area contributed by atoms with Crippen LogP contribution in [0.3, 0.4) is 0 Å². The topological polar surface area (TPSA) is 51.2 Å². The number of aromatic nitrogens is 1. The number of rotatable bonds is 6. The third kappa shape index (κ3) is 4.38. The van der Waals surface area contributed by atoms with Gasteiger partial charge in [-0.3, -0.25) is 4.79 Å². The largest absolute Gasteiger partial charge is 0.484 e. The molecule has 4 aromatic rings. The molecule has 0 spiro atoms. The Bertz CT molecular complexity index is 1100. The highest BCUT2D eigenvalue weighted by Gasteiger charge is 2.05. The molecule has 0 fully saturated rings. The average Bonchev–Trinajstić information content (AvgIpc) is 3.17. The van der Waals surface area contributed by atoms with Crippen molar-refractivity contribution in [3.63, 3.8) is 0 Å².